The Kier molecular flexibility index (Phi) is 2.25. The molecule has 14 heavy (non-hydrogen) atoms. The maximum atomic E-state index is 11.9. The Bertz CT molecular complexity index is 452. The highest BCUT2D eigenvalue weighted by Crippen LogP contribution is 2.20. The van der Waals surface area contributed by atoms with Crippen LogP contribution in [0.1, 0.15) is 26.8 Å². The third-order valence-electron chi connectivity index (χ3n) is 2.03. The lowest BCUT2D eigenvalue weighted by Crippen LogP contribution is -1.97. The SMILES string of the molecule is Cc1cc(C(=O)c2cccs2)c(C)o1. The molecule has 0 fully saturated rings. The number of aryl methyl sites for hydroxylation is 2. The first-order chi connectivity index (χ1) is 6.68. The zero-order valence-electron chi connectivity index (χ0n) is 8.03. The van der Waals surface area contributed by atoms with Crippen molar-refractivity contribution in [2.75, 3.05) is 0 Å². The summed E-state index contributed by atoms with van der Waals surface area (Å²) in [6.07, 6.45) is 0. The van der Waals surface area contributed by atoms with Crippen LogP contribution in [0.2, 0.25) is 0 Å². The predicted octanol–water partition coefficient (Wildman–Crippen LogP) is 3.19. The van der Waals surface area contributed by atoms with E-state index >= 15 is 0 Å². The molecule has 0 aliphatic rings. The van der Waals surface area contributed by atoms with Crippen LogP contribution in [-0.4, -0.2) is 5.78 Å². The summed E-state index contributed by atoms with van der Waals surface area (Å²) >= 11 is 1.45. The molecular formula is C11H10O2S. The van der Waals surface area contributed by atoms with Crippen molar-refractivity contribution < 1.29 is 9.21 Å². The van der Waals surface area contributed by atoms with E-state index in [-0.39, 0.29) is 5.78 Å². The molecule has 0 unspecified atom stereocenters. The van der Waals surface area contributed by atoms with E-state index < -0.39 is 0 Å². The van der Waals surface area contributed by atoms with Crippen LogP contribution in [0.4, 0.5) is 0 Å². The highest BCUT2D eigenvalue weighted by Gasteiger charge is 2.15. The van der Waals surface area contributed by atoms with Crippen molar-refractivity contribution in [3.8, 4) is 0 Å². The number of carbonyl (C=O) groups excluding carboxylic acids is 1. The Morgan fingerprint density at radius 1 is 1.43 bits per heavy atom. The zero-order valence-corrected chi connectivity index (χ0v) is 8.85. The first-order valence-corrected chi connectivity index (χ1v) is 5.21. The lowest BCUT2D eigenvalue weighted by molar-refractivity contribution is 0.104. The molecule has 3 heteroatoms. The van der Waals surface area contributed by atoms with E-state index in [4.69, 9.17) is 4.42 Å². The fourth-order valence-electron chi connectivity index (χ4n) is 1.40. The number of rotatable bonds is 2. The molecule has 0 N–H and O–H groups in total. The van der Waals surface area contributed by atoms with Gasteiger partial charge in [0.2, 0.25) is 5.78 Å². The van der Waals surface area contributed by atoms with Crippen LogP contribution in [0.3, 0.4) is 0 Å². The Hall–Kier alpha value is -1.35. The van der Waals surface area contributed by atoms with Crippen molar-refractivity contribution in [3.05, 3.63) is 45.5 Å². The Morgan fingerprint density at radius 2 is 2.21 bits per heavy atom. The summed E-state index contributed by atoms with van der Waals surface area (Å²) in [5.41, 5.74) is 0.671. The Labute approximate surface area is 86.2 Å². The van der Waals surface area contributed by atoms with Crippen LogP contribution in [0.25, 0.3) is 0 Å². The topological polar surface area (TPSA) is 30.2 Å². The molecule has 0 aromatic carbocycles. The van der Waals surface area contributed by atoms with E-state index in [1.807, 2.05) is 31.4 Å². The molecule has 2 aromatic heterocycles. The fraction of sp³-hybridized carbons (Fsp3) is 0.182. The number of hydrogen-bond donors (Lipinski definition) is 0. The van der Waals surface area contributed by atoms with Gasteiger partial charge in [-0.25, -0.2) is 0 Å². The molecule has 0 radical (unpaired) electrons. The van der Waals surface area contributed by atoms with Gasteiger partial charge in [-0.05, 0) is 31.4 Å². The van der Waals surface area contributed by atoms with E-state index in [1.54, 1.807) is 6.07 Å². The molecule has 72 valence electrons. The molecule has 0 saturated carbocycles. The van der Waals surface area contributed by atoms with E-state index in [1.165, 1.54) is 11.3 Å². The molecule has 0 bridgehead atoms. The minimum Gasteiger partial charge on any atom is -0.466 e. The van der Waals surface area contributed by atoms with E-state index in [2.05, 4.69) is 0 Å². The molecule has 2 aromatic rings. The summed E-state index contributed by atoms with van der Waals surface area (Å²) < 4.78 is 5.32. The number of furan rings is 1. The van der Waals surface area contributed by atoms with Gasteiger partial charge in [-0.1, -0.05) is 6.07 Å². The van der Waals surface area contributed by atoms with E-state index in [9.17, 15) is 4.79 Å². The summed E-state index contributed by atoms with van der Waals surface area (Å²) in [6.45, 7) is 3.66. The van der Waals surface area contributed by atoms with Crippen molar-refractivity contribution in [2.45, 2.75) is 13.8 Å². The summed E-state index contributed by atoms with van der Waals surface area (Å²) in [5, 5.41) is 1.90. The van der Waals surface area contributed by atoms with Crippen molar-refractivity contribution in [1.82, 2.24) is 0 Å². The largest absolute Gasteiger partial charge is 0.466 e. The lowest BCUT2D eigenvalue weighted by atomic mass is 10.1. The molecule has 0 saturated heterocycles. The minimum atomic E-state index is 0.0503. The standard InChI is InChI=1S/C11H10O2S/c1-7-6-9(8(2)13-7)11(12)10-4-3-5-14-10/h3-6H,1-2H3. The quantitative estimate of drug-likeness (QED) is 0.706. The third-order valence-corrected chi connectivity index (χ3v) is 2.90. The second kappa shape index (κ2) is 3.42. The van der Waals surface area contributed by atoms with Gasteiger partial charge in [-0.15, -0.1) is 11.3 Å². The fourth-order valence-corrected chi connectivity index (χ4v) is 2.07. The molecule has 2 nitrogen and oxygen atoms in total. The second-order valence-corrected chi connectivity index (χ2v) is 4.08. The summed E-state index contributed by atoms with van der Waals surface area (Å²) in [4.78, 5) is 12.7. The molecule has 0 aliphatic heterocycles. The average molecular weight is 206 g/mol. The van der Waals surface area contributed by atoms with Crippen LogP contribution in [0.15, 0.2) is 28.0 Å². The van der Waals surface area contributed by atoms with E-state index in [0.717, 1.165) is 10.6 Å². The van der Waals surface area contributed by atoms with Gasteiger partial charge in [-0.3, -0.25) is 4.79 Å². The van der Waals surface area contributed by atoms with Gasteiger partial charge in [0.15, 0.2) is 0 Å². The van der Waals surface area contributed by atoms with Crippen molar-refractivity contribution in [2.24, 2.45) is 0 Å². The van der Waals surface area contributed by atoms with Gasteiger partial charge in [0, 0.05) is 0 Å². The molecule has 2 heterocycles. The summed E-state index contributed by atoms with van der Waals surface area (Å²) in [7, 11) is 0. The van der Waals surface area contributed by atoms with Gasteiger partial charge in [0.25, 0.3) is 0 Å². The molecule has 0 amide bonds. The molecule has 0 aliphatic carbocycles. The highest BCUT2D eigenvalue weighted by atomic mass is 32.1. The van der Waals surface area contributed by atoms with Gasteiger partial charge in [-0.2, -0.15) is 0 Å². The number of thiophene rings is 1. The zero-order chi connectivity index (χ0) is 10.1. The third kappa shape index (κ3) is 1.51. The van der Waals surface area contributed by atoms with Gasteiger partial charge in [0.1, 0.15) is 11.5 Å². The molecular weight excluding hydrogens is 196 g/mol. The Morgan fingerprint density at radius 3 is 2.71 bits per heavy atom. The van der Waals surface area contributed by atoms with E-state index in [0.29, 0.717) is 11.3 Å². The van der Waals surface area contributed by atoms with Crippen molar-refractivity contribution in [3.63, 3.8) is 0 Å². The number of carbonyl (C=O) groups is 1. The molecule has 0 atom stereocenters. The maximum Gasteiger partial charge on any atom is 0.206 e. The number of ketones is 1. The van der Waals surface area contributed by atoms with Crippen molar-refractivity contribution in [1.29, 1.82) is 0 Å². The van der Waals surface area contributed by atoms with Crippen LogP contribution in [-0.2, 0) is 0 Å². The average Bonchev–Trinajstić information content (AvgIpc) is 2.73. The van der Waals surface area contributed by atoms with Crippen LogP contribution < -0.4 is 0 Å². The lowest BCUT2D eigenvalue weighted by Gasteiger charge is -1.93. The summed E-state index contributed by atoms with van der Waals surface area (Å²) in [5.74, 6) is 1.53. The molecule has 0 spiro atoms. The van der Waals surface area contributed by atoms with Crippen molar-refractivity contribution >= 4 is 17.1 Å². The number of hydrogen-bond acceptors (Lipinski definition) is 3. The molecule has 2 rings (SSSR count). The maximum absolute atomic E-state index is 11.9. The first-order valence-electron chi connectivity index (χ1n) is 4.33. The predicted molar refractivity (Wildman–Crippen MR) is 55.9 cm³/mol. The van der Waals surface area contributed by atoms with Gasteiger partial charge in [0.05, 0.1) is 10.4 Å². The van der Waals surface area contributed by atoms with Gasteiger partial charge >= 0.3 is 0 Å². The Balaban J connectivity index is 2.41. The van der Waals surface area contributed by atoms with Gasteiger partial charge < -0.3 is 4.42 Å². The smallest absolute Gasteiger partial charge is 0.206 e. The monoisotopic (exact) mass is 206 g/mol. The second-order valence-electron chi connectivity index (χ2n) is 3.13. The minimum absolute atomic E-state index is 0.0503. The normalized spacial score (nSPS) is 10.4. The first kappa shape index (κ1) is 9.21. The highest BCUT2D eigenvalue weighted by molar-refractivity contribution is 7.12. The van der Waals surface area contributed by atoms with Crippen LogP contribution in [0, 0.1) is 13.8 Å². The summed E-state index contributed by atoms with van der Waals surface area (Å²) in [6, 6.07) is 5.49. The van der Waals surface area contributed by atoms with Crippen LogP contribution in [0.5, 0.6) is 0 Å². The van der Waals surface area contributed by atoms with Crippen LogP contribution >= 0.6 is 11.3 Å².